The molecule has 0 radical (unpaired) electrons. The summed E-state index contributed by atoms with van der Waals surface area (Å²) in [6.07, 6.45) is -4.19. The van der Waals surface area contributed by atoms with Crippen molar-refractivity contribution in [1.29, 1.82) is 0 Å². The summed E-state index contributed by atoms with van der Waals surface area (Å²) >= 11 is 0. The van der Waals surface area contributed by atoms with Crippen molar-refractivity contribution in [2.75, 3.05) is 7.11 Å². The van der Waals surface area contributed by atoms with E-state index in [2.05, 4.69) is 15.5 Å². The summed E-state index contributed by atoms with van der Waals surface area (Å²) in [5.74, 6) is -0.995. The van der Waals surface area contributed by atoms with E-state index < -0.39 is 12.0 Å². The Morgan fingerprint density at radius 1 is 1.35 bits per heavy atom. The average Bonchev–Trinajstić information content (AvgIpc) is 2.87. The highest BCUT2D eigenvalue weighted by molar-refractivity contribution is 5.83. The van der Waals surface area contributed by atoms with Crippen molar-refractivity contribution in [1.82, 2.24) is 20.2 Å². The van der Waals surface area contributed by atoms with Crippen molar-refractivity contribution in [3.8, 4) is 11.4 Å². The van der Waals surface area contributed by atoms with Crippen LogP contribution in [0.25, 0.3) is 5.69 Å². The molecule has 2 aromatic rings. The van der Waals surface area contributed by atoms with Gasteiger partial charge in [-0.15, -0.1) is 5.10 Å². The fraction of sp³-hybridized carbons (Fsp3) is 0.273. The molecule has 106 valence electrons. The number of halogens is 3. The van der Waals surface area contributed by atoms with Crippen LogP contribution in [0.5, 0.6) is 5.75 Å². The minimum absolute atomic E-state index is 0.0604. The molecule has 0 amide bonds. The number of hydrogen-bond donors (Lipinski definition) is 0. The van der Waals surface area contributed by atoms with Crippen LogP contribution in [-0.2, 0) is 6.18 Å². The maximum Gasteiger partial charge on any atom is 0.453 e. The number of aromatic nitrogens is 4. The third kappa shape index (κ3) is 2.22. The zero-order valence-corrected chi connectivity index (χ0v) is 10.5. The van der Waals surface area contributed by atoms with Gasteiger partial charge in [0, 0.05) is 0 Å². The molecule has 0 spiro atoms. The Bertz CT molecular complexity index is 652. The van der Waals surface area contributed by atoms with Gasteiger partial charge in [0.2, 0.25) is 0 Å². The molecule has 9 heteroatoms. The quantitative estimate of drug-likeness (QED) is 0.805. The summed E-state index contributed by atoms with van der Waals surface area (Å²) < 4.78 is 43.8. The molecular formula is C11H9F3N4O2. The van der Waals surface area contributed by atoms with E-state index in [0.717, 1.165) is 0 Å². The van der Waals surface area contributed by atoms with Gasteiger partial charge in [-0.2, -0.15) is 17.9 Å². The summed E-state index contributed by atoms with van der Waals surface area (Å²) in [7, 11) is 1.36. The minimum Gasteiger partial charge on any atom is -0.496 e. The molecule has 0 aliphatic heterocycles. The molecule has 0 fully saturated rings. The number of rotatable bonds is 3. The molecule has 0 saturated heterocycles. The smallest absolute Gasteiger partial charge is 0.453 e. The lowest BCUT2D eigenvalue weighted by molar-refractivity contribution is -0.146. The van der Waals surface area contributed by atoms with Gasteiger partial charge in [0.1, 0.15) is 5.75 Å². The van der Waals surface area contributed by atoms with Crippen LogP contribution < -0.4 is 4.74 Å². The SMILES string of the molecule is COc1ccc(-n2nnnc2C(F)(F)F)c(C)c1C=O. The minimum atomic E-state index is -4.70. The van der Waals surface area contributed by atoms with Crippen molar-refractivity contribution in [2.24, 2.45) is 0 Å². The lowest BCUT2D eigenvalue weighted by atomic mass is 10.1. The largest absolute Gasteiger partial charge is 0.496 e. The first kappa shape index (κ1) is 14.0. The second-order valence-electron chi connectivity index (χ2n) is 3.86. The van der Waals surface area contributed by atoms with Gasteiger partial charge in [0.05, 0.1) is 18.4 Å². The summed E-state index contributed by atoms with van der Waals surface area (Å²) in [5, 5.41) is 9.31. The second-order valence-corrected chi connectivity index (χ2v) is 3.86. The third-order valence-corrected chi connectivity index (χ3v) is 2.74. The van der Waals surface area contributed by atoms with Crippen LogP contribution in [0.1, 0.15) is 21.7 Å². The van der Waals surface area contributed by atoms with Crippen LogP contribution in [0.2, 0.25) is 0 Å². The number of carbonyl (C=O) groups excluding carboxylic acids is 1. The van der Waals surface area contributed by atoms with Crippen LogP contribution in [-0.4, -0.2) is 33.6 Å². The molecule has 1 aromatic heterocycles. The number of alkyl halides is 3. The number of methoxy groups -OCH3 is 1. The molecule has 0 N–H and O–H groups in total. The number of tetrazole rings is 1. The predicted molar refractivity (Wildman–Crippen MR) is 60.8 cm³/mol. The Labute approximate surface area is 111 Å². The average molecular weight is 286 g/mol. The Kier molecular flexibility index (Phi) is 3.43. The lowest BCUT2D eigenvalue weighted by Gasteiger charge is -2.13. The standard InChI is InChI=1S/C11H9F3N4O2/c1-6-7(5-19)9(20-2)4-3-8(6)18-10(11(12,13)14)15-16-17-18/h3-5H,1-2H3. The monoisotopic (exact) mass is 286 g/mol. The highest BCUT2D eigenvalue weighted by Gasteiger charge is 2.38. The van der Waals surface area contributed by atoms with E-state index in [1.54, 1.807) is 0 Å². The van der Waals surface area contributed by atoms with E-state index in [9.17, 15) is 18.0 Å². The normalized spacial score (nSPS) is 11.4. The molecule has 1 aromatic carbocycles. The van der Waals surface area contributed by atoms with Gasteiger partial charge in [0.15, 0.2) is 6.29 Å². The van der Waals surface area contributed by atoms with Crippen molar-refractivity contribution in [2.45, 2.75) is 13.1 Å². The van der Waals surface area contributed by atoms with Crippen LogP contribution in [0.4, 0.5) is 13.2 Å². The van der Waals surface area contributed by atoms with Crippen molar-refractivity contribution < 1.29 is 22.7 Å². The predicted octanol–water partition coefficient (Wildman–Crippen LogP) is 1.81. The number of carbonyl (C=O) groups is 1. The van der Waals surface area contributed by atoms with Gasteiger partial charge in [-0.3, -0.25) is 4.79 Å². The number of ether oxygens (including phenoxy) is 1. The van der Waals surface area contributed by atoms with Gasteiger partial charge < -0.3 is 4.74 Å². The number of aldehydes is 1. The fourth-order valence-electron chi connectivity index (χ4n) is 1.77. The van der Waals surface area contributed by atoms with Crippen LogP contribution >= 0.6 is 0 Å². The van der Waals surface area contributed by atoms with Gasteiger partial charge >= 0.3 is 6.18 Å². The summed E-state index contributed by atoms with van der Waals surface area (Å²) in [4.78, 5) is 11.0. The number of hydrogen-bond acceptors (Lipinski definition) is 5. The van der Waals surface area contributed by atoms with Crippen LogP contribution in [0.3, 0.4) is 0 Å². The third-order valence-electron chi connectivity index (χ3n) is 2.74. The molecule has 1 heterocycles. The molecule has 0 atom stereocenters. The summed E-state index contributed by atoms with van der Waals surface area (Å²) in [6, 6.07) is 2.74. The highest BCUT2D eigenvalue weighted by Crippen LogP contribution is 2.31. The first-order chi connectivity index (χ1) is 9.40. The van der Waals surface area contributed by atoms with E-state index in [0.29, 0.717) is 11.0 Å². The maximum absolute atomic E-state index is 12.8. The summed E-state index contributed by atoms with van der Waals surface area (Å²) in [6.45, 7) is 1.49. The number of benzene rings is 1. The highest BCUT2D eigenvalue weighted by atomic mass is 19.4. The van der Waals surface area contributed by atoms with E-state index >= 15 is 0 Å². The second kappa shape index (κ2) is 4.91. The van der Waals surface area contributed by atoms with Gasteiger partial charge in [-0.25, -0.2) is 0 Å². The van der Waals surface area contributed by atoms with Crippen molar-refractivity contribution >= 4 is 6.29 Å². The molecule has 20 heavy (non-hydrogen) atoms. The lowest BCUT2D eigenvalue weighted by Crippen LogP contribution is -2.16. The Morgan fingerprint density at radius 3 is 2.60 bits per heavy atom. The van der Waals surface area contributed by atoms with Gasteiger partial charge in [0.25, 0.3) is 5.82 Å². The zero-order valence-electron chi connectivity index (χ0n) is 10.5. The Morgan fingerprint density at radius 2 is 2.05 bits per heavy atom. The van der Waals surface area contributed by atoms with E-state index in [-0.39, 0.29) is 22.6 Å². The Balaban J connectivity index is 2.66. The summed E-state index contributed by atoms with van der Waals surface area (Å²) in [5.41, 5.74) is 0.496. The first-order valence-electron chi connectivity index (χ1n) is 5.39. The Hall–Kier alpha value is -2.45. The zero-order chi connectivity index (χ0) is 14.9. The van der Waals surface area contributed by atoms with Crippen LogP contribution in [0.15, 0.2) is 12.1 Å². The molecule has 6 nitrogen and oxygen atoms in total. The molecule has 2 rings (SSSR count). The van der Waals surface area contributed by atoms with Crippen molar-refractivity contribution in [3.05, 3.63) is 29.1 Å². The molecule has 0 aliphatic carbocycles. The van der Waals surface area contributed by atoms with E-state index in [1.807, 2.05) is 0 Å². The molecule has 0 saturated carbocycles. The van der Waals surface area contributed by atoms with Gasteiger partial charge in [-0.05, 0) is 35.0 Å². The molecule has 0 bridgehead atoms. The van der Waals surface area contributed by atoms with E-state index in [1.165, 1.54) is 26.2 Å². The van der Waals surface area contributed by atoms with Crippen molar-refractivity contribution in [3.63, 3.8) is 0 Å². The number of nitrogens with zero attached hydrogens (tertiary/aromatic N) is 4. The maximum atomic E-state index is 12.8. The topological polar surface area (TPSA) is 69.9 Å². The first-order valence-corrected chi connectivity index (χ1v) is 5.39. The molecular weight excluding hydrogens is 277 g/mol. The molecule has 0 unspecified atom stereocenters. The van der Waals surface area contributed by atoms with Gasteiger partial charge in [-0.1, -0.05) is 0 Å². The van der Waals surface area contributed by atoms with E-state index in [4.69, 9.17) is 4.74 Å². The molecule has 0 aliphatic rings. The van der Waals surface area contributed by atoms with Crippen LogP contribution in [0, 0.1) is 6.92 Å². The fourth-order valence-corrected chi connectivity index (χ4v) is 1.77.